The van der Waals surface area contributed by atoms with Crippen LogP contribution in [0.25, 0.3) is 0 Å². The van der Waals surface area contributed by atoms with Crippen molar-refractivity contribution in [2.45, 2.75) is 32.4 Å². The summed E-state index contributed by atoms with van der Waals surface area (Å²) in [4.78, 5) is 10.9. The van der Waals surface area contributed by atoms with Gasteiger partial charge in [0.1, 0.15) is 0 Å². The van der Waals surface area contributed by atoms with Gasteiger partial charge in [-0.3, -0.25) is 4.79 Å². The Morgan fingerprint density at radius 2 is 2.00 bits per heavy atom. The third kappa shape index (κ3) is 10.1. The number of rotatable bonds is 8. The lowest BCUT2D eigenvalue weighted by Crippen LogP contribution is -2.11. The maximum atomic E-state index is 10.9. The zero-order chi connectivity index (χ0) is 11.7. The second kappa shape index (κ2) is 9.04. The van der Waals surface area contributed by atoms with E-state index in [4.69, 9.17) is 4.74 Å². The summed E-state index contributed by atoms with van der Waals surface area (Å²) < 4.78 is 10.0. The number of ether oxygens (including phenoxy) is 2. The van der Waals surface area contributed by atoms with Gasteiger partial charge in [0.05, 0.1) is 20.1 Å². The zero-order valence-corrected chi connectivity index (χ0v) is 10.9. The van der Waals surface area contributed by atoms with Gasteiger partial charge in [-0.2, -0.15) is 11.8 Å². The van der Waals surface area contributed by atoms with Crippen LogP contribution in [-0.4, -0.2) is 37.3 Å². The molecule has 0 N–H and O–H groups in total. The van der Waals surface area contributed by atoms with Crippen LogP contribution in [0, 0.1) is 5.92 Å². The normalized spacial score (nSPS) is 12.9. The summed E-state index contributed by atoms with van der Waals surface area (Å²) in [5, 5.41) is 0.306. The van der Waals surface area contributed by atoms with Crippen LogP contribution in [-0.2, 0) is 14.3 Å². The van der Waals surface area contributed by atoms with E-state index in [0.717, 1.165) is 19.0 Å². The molecule has 0 fully saturated rings. The van der Waals surface area contributed by atoms with Gasteiger partial charge in [0.15, 0.2) is 0 Å². The number of thioether (sulfide) groups is 1. The molecule has 0 bridgehead atoms. The highest BCUT2D eigenvalue weighted by atomic mass is 32.2. The van der Waals surface area contributed by atoms with E-state index in [-0.39, 0.29) is 5.97 Å². The second-order valence-corrected chi connectivity index (χ2v) is 5.48. The summed E-state index contributed by atoms with van der Waals surface area (Å²) in [5.74, 6) is 1.38. The molecule has 0 aliphatic rings. The standard InChI is InChI=1S/C11H22O3S/c1-9(2)8-14-5-6-15-10(3)7-11(12)13-4/h9-10H,5-8H2,1-4H3. The quantitative estimate of drug-likeness (QED) is 0.477. The highest BCUT2D eigenvalue weighted by molar-refractivity contribution is 7.99. The van der Waals surface area contributed by atoms with E-state index in [0.29, 0.717) is 17.6 Å². The Labute approximate surface area is 96.9 Å². The molecule has 1 unspecified atom stereocenters. The molecule has 0 spiro atoms. The van der Waals surface area contributed by atoms with Gasteiger partial charge in [-0.1, -0.05) is 20.8 Å². The molecule has 15 heavy (non-hydrogen) atoms. The molecule has 0 aliphatic heterocycles. The van der Waals surface area contributed by atoms with E-state index >= 15 is 0 Å². The number of carbonyl (C=O) groups is 1. The zero-order valence-electron chi connectivity index (χ0n) is 10.1. The van der Waals surface area contributed by atoms with E-state index in [1.54, 1.807) is 11.8 Å². The van der Waals surface area contributed by atoms with Crippen molar-refractivity contribution in [3.8, 4) is 0 Å². The molecular formula is C11H22O3S. The molecule has 0 saturated carbocycles. The SMILES string of the molecule is COC(=O)CC(C)SCCOCC(C)C. The van der Waals surface area contributed by atoms with Crippen molar-refractivity contribution < 1.29 is 14.3 Å². The van der Waals surface area contributed by atoms with E-state index in [2.05, 4.69) is 18.6 Å². The minimum absolute atomic E-state index is 0.141. The molecule has 0 saturated heterocycles. The van der Waals surface area contributed by atoms with Gasteiger partial charge in [0.2, 0.25) is 0 Å². The van der Waals surface area contributed by atoms with Crippen molar-refractivity contribution in [3.05, 3.63) is 0 Å². The van der Waals surface area contributed by atoms with Gasteiger partial charge < -0.3 is 9.47 Å². The Hall–Kier alpha value is -0.220. The Morgan fingerprint density at radius 3 is 2.53 bits per heavy atom. The number of hydrogen-bond acceptors (Lipinski definition) is 4. The Morgan fingerprint density at radius 1 is 1.33 bits per heavy atom. The Kier molecular flexibility index (Phi) is 8.91. The fraction of sp³-hybridized carbons (Fsp3) is 0.909. The Bertz CT molecular complexity index is 171. The van der Waals surface area contributed by atoms with Crippen LogP contribution in [0.3, 0.4) is 0 Å². The summed E-state index contributed by atoms with van der Waals surface area (Å²) in [5.41, 5.74) is 0. The average Bonchev–Trinajstić information content (AvgIpc) is 2.16. The predicted molar refractivity (Wildman–Crippen MR) is 64.2 cm³/mol. The monoisotopic (exact) mass is 234 g/mol. The van der Waals surface area contributed by atoms with Crippen LogP contribution in [0.15, 0.2) is 0 Å². The van der Waals surface area contributed by atoms with Crippen molar-refractivity contribution in [1.29, 1.82) is 0 Å². The lowest BCUT2D eigenvalue weighted by atomic mass is 10.2. The highest BCUT2D eigenvalue weighted by Gasteiger charge is 2.08. The third-order valence-electron chi connectivity index (χ3n) is 1.76. The maximum Gasteiger partial charge on any atom is 0.306 e. The predicted octanol–water partition coefficient (Wildman–Crippen LogP) is 2.34. The molecule has 3 nitrogen and oxygen atoms in total. The van der Waals surface area contributed by atoms with E-state index in [1.807, 2.05) is 6.92 Å². The highest BCUT2D eigenvalue weighted by Crippen LogP contribution is 2.14. The maximum absolute atomic E-state index is 10.9. The minimum atomic E-state index is -0.141. The first-order chi connectivity index (χ1) is 7.06. The number of esters is 1. The molecule has 0 aromatic heterocycles. The van der Waals surface area contributed by atoms with E-state index < -0.39 is 0 Å². The summed E-state index contributed by atoms with van der Waals surface area (Å²) in [7, 11) is 1.42. The summed E-state index contributed by atoms with van der Waals surface area (Å²) in [6.07, 6.45) is 0.478. The van der Waals surface area contributed by atoms with Crippen molar-refractivity contribution in [2.24, 2.45) is 5.92 Å². The van der Waals surface area contributed by atoms with E-state index in [9.17, 15) is 4.79 Å². The van der Waals surface area contributed by atoms with Gasteiger partial charge in [0.25, 0.3) is 0 Å². The largest absolute Gasteiger partial charge is 0.469 e. The van der Waals surface area contributed by atoms with Crippen LogP contribution < -0.4 is 0 Å². The molecule has 0 rings (SSSR count). The molecule has 0 radical (unpaired) electrons. The molecule has 0 heterocycles. The first-order valence-electron chi connectivity index (χ1n) is 5.32. The van der Waals surface area contributed by atoms with Crippen LogP contribution in [0.5, 0.6) is 0 Å². The minimum Gasteiger partial charge on any atom is -0.469 e. The van der Waals surface area contributed by atoms with Crippen LogP contribution in [0.2, 0.25) is 0 Å². The molecule has 0 amide bonds. The molecule has 0 aromatic rings. The fourth-order valence-electron chi connectivity index (χ4n) is 1.00. The molecule has 1 atom stereocenters. The summed E-state index contributed by atoms with van der Waals surface area (Å²) in [6.45, 7) is 7.87. The second-order valence-electron chi connectivity index (χ2n) is 3.93. The lowest BCUT2D eigenvalue weighted by Gasteiger charge is -2.10. The van der Waals surface area contributed by atoms with Gasteiger partial charge in [-0.05, 0) is 5.92 Å². The van der Waals surface area contributed by atoms with E-state index in [1.165, 1.54) is 7.11 Å². The smallest absolute Gasteiger partial charge is 0.306 e. The van der Waals surface area contributed by atoms with Crippen LogP contribution >= 0.6 is 11.8 Å². The van der Waals surface area contributed by atoms with Crippen LogP contribution in [0.4, 0.5) is 0 Å². The van der Waals surface area contributed by atoms with Gasteiger partial charge in [-0.15, -0.1) is 0 Å². The molecule has 4 heteroatoms. The van der Waals surface area contributed by atoms with Crippen molar-refractivity contribution in [1.82, 2.24) is 0 Å². The van der Waals surface area contributed by atoms with Crippen molar-refractivity contribution in [3.63, 3.8) is 0 Å². The summed E-state index contributed by atoms with van der Waals surface area (Å²) in [6, 6.07) is 0. The number of methoxy groups -OCH3 is 1. The first kappa shape index (κ1) is 14.8. The molecular weight excluding hydrogens is 212 g/mol. The third-order valence-corrected chi connectivity index (χ3v) is 2.90. The summed E-state index contributed by atoms with van der Waals surface area (Å²) >= 11 is 1.75. The van der Waals surface area contributed by atoms with Crippen LogP contribution in [0.1, 0.15) is 27.2 Å². The van der Waals surface area contributed by atoms with Crippen molar-refractivity contribution in [2.75, 3.05) is 26.1 Å². The lowest BCUT2D eigenvalue weighted by molar-refractivity contribution is -0.140. The van der Waals surface area contributed by atoms with Gasteiger partial charge in [0, 0.05) is 17.6 Å². The van der Waals surface area contributed by atoms with Crippen molar-refractivity contribution >= 4 is 17.7 Å². The van der Waals surface area contributed by atoms with Gasteiger partial charge in [-0.25, -0.2) is 0 Å². The molecule has 90 valence electrons. The first-order valence-corrected chi connectivity index (χ1v) is 6.37. The molecule has 0 aromatic carbocycles. The average molecular weight is 234 g/mol. The van der Waals surface area contributed by atoms with Gasteiger partial charge >= 0.3 is 5.97 Å². The topological polar surface area (TPSA) is 35.5 Å². The molecule has 0 aliphatic carbocycles. The fourth-order valence-corrected chi connectivity index (χ4v) is 1.87. The number of carbonyl (C=O) groups excluding carboxylic acids is 1. The number of hydrogen-bond donors (Lipinski definition) is 0. The Balaban J connectivity index is 3.31.